The predicted octanol–water partition coefficient (Wildman–Crippen LogP) is 3.41. The highest BCUT2D eigenvalue weighted by Crippen LogP contribution is 2.76. The molecule has 1 saturated heterocycles. The third-order valence-electron chi connectivity index (χ3n) is 15.3. The van der Waals surface area contributed by atoms with Crippen molar-refractivity contribution in [3.63, 3.8) is 0 Å². The first-order valence-corrected chi connectivity index (χ1v) is 17.6. The molecule has 1 heterocycles. The number of fused-ring (bicyclic) bond motifs is 7. The second-order valence-electron chi connectivity index (χ2n) is 17.2. The highest BCUT2D eigenvalue weighted by Gasteiger charge is 2.73. The Labute approximate surface area is 272 Å². The lowest BCUT2D eigenvalue weighted by atomic mass is 9.33. The molecule has 46 heavy (non-hydrogen) atoms. The van der Waals surface area contributed by atoms with Crippen LogP contribution in [0.25, 0.3) is 0 Å². The minimum Gasteiger partial charge on any atom is -0.481 e. The van der Waals surface area contributed by atoms with E-state index in [9.17, 15) is 40.2 Å². The third kappa shape index (κ3) is 4.35. The lowest BCUT2D eigenvalue weighted by Crippen LogP contribution is -2.68. The Balaban J connectivity index is 1.41. The van der Waals surface area contributed by atoms with Gasteiger partial charge in [-0.2, -0.15) is 0 Å². The number of carboxylic acid groups (broad SMARTS) is 1. The minimum absolute atomic E-state index is 0.0165. The molecule has 0 aromatic carbocycles. The number of aliphatic hydroxyl groups excluding tert-OH is 5. The number of hydrogen-bond acceptors (Lipinski definition) is 9. The first-order valence-electron chi connectivity index (χ1n) is 17.6. The first-order chi connectivity index (χ1) is 21.4. The number of carbonyl (C=O) groups excluding carboxylic acids is 1. The number of ether oxygens (including phenoxy) is 2. The molecule has 0 radical (unpaired) electrons. The maximum Gasteiger partial charge on any atom is 0.315 e. The zero-order valence-electron chi connectivity index (χ0n) is 28.3. The fraction of sp³-hybridized carbons (Fsp3) is 0.889. The van der Waals surface area contributed by atoms with Crippen molar-refractivity contribution in [1.29, 1.82) is 0 Å². The molecule has 0 spiro atoms. The summed E-state index contributed by atoms with van der Waals surface area (Å²) >= 11 is 0. The molecule has 10 nitrogen and oxygen atoms in total. The Hall–Kier alpha value is -1.56. The van der Waals surface area contributed by atoms with E-state index in [4.69, 9.17) is 9.47 Å². The number of carboxylic acids is 1. The van der Waals surface area contributed by atoms with Gasteiger partial charge in [-0.15, -0.1) is 0 Å². The molecule has 1 aliphatic heterocycles. The SMILES string of the molecule is C[C@@H]1[C@H](C)CC[C@]2(C(=O)O[C@@H]3O[C@H](CO)[C@@H](O)[C@H](O)[C@H]3O)CC[C@]3(C(=O)O)C(=CC[C@@H]4[C@]5(C)CC[C@H](O)C(C)(C)[C@H]5CC[C@@]43C)[C@@H]12. The average molecular weight is 649 g/mol. The van der Waals surface area contributed by atoms with Crippen LogP contribution >= 0.6 is 0 Å². The minimum atomic E-state index is -1.71. The van der Waals surface area contributed by atoms with E-state index in [1.54, 1.807) is 0 Å². The van der Waals surface area contributed by atoms with Gasteiger partial charge in [-0.1, -0.05) is 53.2 Å². The van der Waals surface area contributed by atoms with Crippen molar-refractivity contribution in [2.24, 2.45) is 56.7 Å². The van der Waals surface area contributed by atoms with E-state index in [-0.39, 0.29) is 47.0 Å². The van der Waals surface area contributed by atoms with Gasteiger partial charge in [-0.25, -0.2) is 0 Å². The molecule has 6 aliphatic rings. The number of rotatable bonds is 4. The number of aliphatic carboxylic acids is 1. The molecule has 6 N–H and O–H groups in total. The van der Waals surface area contributed by atoms with Crippen LogP contribution in [0.2, 0.25) is 0 Å². The van der Waals surface area contributed by atoms with Crippen LogP contribution in [0.15, 0.2) is 11.6 Å². The van der Waals surface area contributed by atoms with Gasteiger partial charge in [0.2, 0.25) is 6.29 Å². The number of allylic oxidation sites excluding steroid dienone is 1. The summed E-state index contributed by atoms with van der Waals surface area (Å²) in [7, 11) is 0. The second kappa shape index (κ2) is 11.2. The predicted molar refractivity (Wildman–Crippen MR) is 167 cm³/mol. The average Bonchev–Trinajstić information content (AvgIpc) is 3.00. The van der Waals surface area contributed by atoms with Crippen LogP contribution in [0.5, 0.6) is 0 Å². The summed E-state index contributed by atoms with van der Waals surface area (Å²) in [6, 6.07) is 0. The lowest BCUT2D eigenvalue weighted by molar-refractivity contribution is -0.297. The molecule has 0 bridgehead atoms. The van der Waals surface area contributed by atoms with Gasteiger partial charge in [-0.05, 0) is 104 Å². The van der Waals surface area contributed by atoms with Gasteiger partial charge in [-0.3, -0.25) is 9.59 Å². The largest absolute Gasteiger partial charge is 0.481 e. The summed E-state index contributed by atoms with van der Waals surface area (Å²) in [6.07, 6.45) is -0.256. The van der Waals surface area contributed by atoms with Crippen LogP contribution < -0.4 is 0 Å². The van der Waals surface area contributed by atoms with Gasteiger partial charge >= 0.3 is 11.9 Å². The molecular formula is C36H56O10. The Bertz CT molecular complexity index is 1260. The molecule has 4 saturated carbocycles. The van der Waals surface area contributed by atoms with Crippen molar-refractivity contribution in [3.05, 3.63) is 11.6 Å². The van der Waals surface area contributed by atoms with Gasteiger partial charge in [0.05, 0.1) is 23.5 Å². The number of aliphatic hydroxyl groups is 5. The van der Waals surface area contributed by atoms with Crippen molar-refractivity contribution in [3.8, 4) is 0 Å². The van der Waals surface area contributed by atoms with Crippen molar-refractivity contribution < 1.29 is 49.7 Å². The van der Waals surface area contributed by atoms with Crippen LogP contribution in [-0.4, -0.2) is 86.0 Å². The molecule has 15 atom stereocenters. The van der Waals surface area contributed by atoms with Crippen LogP contribution in [0, 0.1) is 56.7 Å². The van der Waals surface area contributed by atoms with E-state index in [2.05, 4.69) is 47.6 Å². The van der Waals surface area contributed by atoms with E-state index in [1.165, 1.54) is 0 Å². The van der Waals surface area contributed by atoms with Crippen molar-refractivity contribution in [1.82, 2.24) is 0 Å². The summed E-state index contributed by atoms with van der Waals surface area (Å²) in [6.45, 7) is 12.5. The van der Waals surface area contributed by atoms with E-state index < -0.39 is 71.4 Å². The Kier molecular flexibility index (Phi) is 8.38. The number of carbonyl (C=O) groups is 2. The normalized spacial score (nSPS) is 53.0. The summed E-state index contributed by atoms with van der Waals surface area (Å²) in [5.41, 5.74) is -2.32. The van der Waals surface area contributed by atoms with Gasteiger partial charge in [0, 0.05) is 0 Å². The fourth-order valence-corrected chi connectivity index (χ4v) is 12.4. The molecule has 6 rings (SSSR count). The van der Waals surface area contributed by atoms with Crippen molar-refractivity contribution in [2.45, 2.75) is 136 Å². The molecule has 10 heteroatoms. The Morgan fingerprint density at radius 2 is 1.59 bits per heavy atom. The van der Waals surface area contributed by atoms with Crippen LogP contribution in [0.3, 0.4) is 0 Å². The molecule has 0 amide bonds. The number of esters is 1. The Morgan fingerprint density at radius 3 is 2.24 bits per heavy atom. The van der Waals surface area contributed by atoms with Gasteiger partial charge in [0.1, 0.15) is 24.4 Å². The molecule has 0 unspecified atom stereocenters. The maximum atomic E-state index is 14.4. The zero-order valence-corrected chi connectivity index (χ0v) is 28.3. The molecule has 5 fully saturated rings. The van der Waals surface area contributed by atoms with E-state index in [0.717, 1.165) is 37.7 Å². The molecule has 0 aromatic rings. The first kappa shape index (κ1) is 34.3. The third-order valence-corrected chi connectivity index (χ3v) is 15.3. The van der Waals surface area contributed by atoms with E-state index in [0.29, 0.717) is 19.3 Å². The summed E-state index contributed by atoms with van der Waals surface area (Å²) < 4.78 is 11.4. The van der Waals surface area contributed by atoms with Crippen LogP contribution in [-0.2, 0) is 19.1 Å². The topological polar surface area (TPSA) is 174 Å². The monoisotopic (exact) mass is 648 g/mol. The van der Waals surface area contributed by atoms with Crippen LogP contribution in [0.4, 0.5) is 0 Å². The maximum absolute atomic E-state index is 14.4. The lowest BCUT2D eigenvalue weighted by Gasteiger charge is -2.70. The van der Waals surface area contributed by atoms with Crippen molar-refractivity contribution >= 4 is 11.9 Å². The smallest absolute Gasteiger partial charge is 0.315 e. The van der Waals surface area contributed by atoms with Crippen molar-refractivity contribution in [2.75, 3.05) is 6.61 Å². The summed E-state index contributed by atoms with van der Waals surface area (Å²) in [5.74, 6) is -1.22. The summed E-state index contributed by atoms with van der Waals surface area (Å²) in [4.78, 5) is 28.4. The van der Waals surface area contributed by atoms with Gasteiger partial charge < -0.3 is 40.1 Å². The fourth-order valence-electron chi connectivity index (χ4n) is 12.4. The molecule has 5 aliphatic carbocycles. The molecule has 260 valence electrons. The van der Waals surface area contributed by atoms with Gasteiger partial charge in [0.25, 0.3) is 0 Å². The molecule has 0 aromatic heterocycles. The van der Waals surface area contributed by atoms with Crippen LogP contribution in [0.1, 0.15) is 99.3 Å². The second-order valence-corrected chi connectivity index (χ2v) is 17.2. The quantitative estimate of drug-likeness (QED) is 0.196. The highest BCUT2D eigenvalue weighted by atomic mass is 16.7. The van der Waals surface area contributed by atoms with E-state index >= 15 is 0 Å². The standard InChI is InChI=1S/C36H56O10/c1-18-9-14-35(31(44)46-29-28(41)27(40)26(39)21(17-37)45-29)15-16-36(30(42)43)20(25(35)19(18)2)7-8-23-33(5)12-11-24(38)32(3,4)22(33)10-13-34(23,36)6/h7,18-19,21-29,37-41H,8-17H2,1-6H3,(H,42,43)/t18-,19-,21-,22-,23-,24+,25-,26-,27+,28-,29+,33-,34+,35+,36-/m1/s1. The molecular weight excluding hydrogens is 592 g/mol. The van der Waals surface area contributed by atoms with Gasteiger partial charge in [0.15, 0.2) is 0 Å². The Morgan fingerprint density at radius 1 is 0.891 bits per heavy atom. The van der Waals surface area contributed by atoms with E-state index in [1.807, 2.05) is 0 Å². The summed E-state index contributed by atoms with van der Waals surface area (Å²) in [5, 5.41) is 63.4. The number of hydrogen-bond donors (Lipinski definition) is 6. The zero-order chi connectivity index (χ0) is 33.8. The highest BCUT2D eigenvalue weighted by molar-refractivity contribution is 5.85.